The van der Waals surface area contributed by atoms with Gasteiger partial charge in [-0.2, -0.15) is 0 Å². The largest absolute Gasteiger partial charge is 0.350 e. The summed E-state index contributed by atoms with van der Waals surface area (Å²) in [5, 5.41) is 3.69. The molecule has 0 saturated heterocycles. The van der Waals surface area contributed by atoms with Crippen LogP contribution in [-0.2, 0) is 9.59 Å². The van der Waals surface area contributed by atoms with Crippen molar-refractivity contribution in [2.45, 2.75) is 0 Å². The third kappa shape index (κ3) is 3.46. The molecular weight excluding hydrogens is 440 g/mol. The normalized spacial score (nSPS) is 14.0. The first-order chi connectivity index (χ1) is 13.5. The number of nitrogens with one attached hydrogen (secondary N) is 1. The zero-order valence-corrected chi connectivity index (χ0v) is 16.9. The Labute approximate surface area is 175 Å². The molecule has 0 spiro atoms. The van der Waals surface area contributed by atoms with E-state index in [2.05, 4.69) is 21.2 Å². The summed E-state index contributed by atoms with van der Waals surface area (Å²) < 4.78 is 0.864. The number of imide groups is 1. The number of para-hydroxylation sites is 1. The summed E-state index contributed by atoms with van der Waals surface area (Å²) in [6.45, 7) is 0. The van der Waals surface area contributed by atoms with Gasteiger partial charge in [-0.1, -0.05) is 63.9 Å². The van der Waals surface area contributed by atoms with Crippen LogP contribution in [0.3, 0.4) is 0 Å². The molecule has 138 valence electrons. The van der Waals surface area contributed by atoms with Gasteiger partial charge in [0.1, 0.15) is 5.70 Å². The summed E-state index contributed by atoms with van der Waals surface area (Å²) in [7, 11) is 0. The van der Waals surface area contributed by atoms with E-state index in [1.165, 1.54) is 4.90 Å². The minimum atomic E-state index is -0.402. The number of amides is 2. The zero-order valence-electron chi connectivity index (χ0n) is 14.5. The molecule has 0 fully saturated rings. The molecule has 0 unspecified atom stereocenters. The number of anilines is 2. The van der Waals surface area contributed by atoms with Gasteiger partial charge in [-0.15, -0.1) is 0 Å². The average molecular weight is 454 g/mol. The van der Waals surface area contributed by atoms with Gasteiger partial charge < -0.3 is 5.32 Å². The lowest BCUT2D eigenvalue weighted by Gasteiger charge is -2.15. The van der Waals surface area contributed by atoms with E-state index in [9.17, 15) is 9.59 Å². The number of rotatable bonds is 4. The van der Waals surface area contributed by atoms with Crippen molar-refractivity contribution in [1.82, 2.24) is 0 Å². The van der Waals surface area contributed by atoms with Crippen molar-refractivity contribution in [2.24, 2.45) is 0 Å². The van der Waals surface area contributed by atoms with E-state index in [4.69, 9.17) is 11.6 Å². The number of hydrogen-bond acceptors (Lipinski definition) is 3. The number of carbonyl (C=O) groups excluding carboxylic acids is 2. The molecule has 0 saturated carbocycles. The van der Waals surface area contributed by atoms with E-state index < -0.39 is 5.91 Å². The number of benzene rings is 3. The molecule has 1 aliphatic rings. The van der Waals surface area contributed by atoms with Crippen molar-refractivity contribution in [3.8, 4) is 0 Å². The Balaban J connectivity index is 1.83. The summed E-state index contributed by atoms with van der Waals surface area (Å²) >= 11 is 9.41. The molecule has 6 heteroatoms. The topological polar surface area (TPSA) is 49.4 Å². The second kappa shape index (κ2) is 7.62. The first kappa shape index (κ1) is 18.5. The summed E-state index contributed by atoms with van der Waals surface area (Å²) in [6, 6.07) is 23.2. The SMILES string of the molecule is O=C1C(Nc2cccc(Br)c2)=C(c2ccc(Cl)cc2)C(=O)N1c1ccccc1. The van der Waals surface area contributed by atoms with Gasteiger partial charge in [0.05, 0.1) is 11.3 Å². The van der Waals surface area contributed by atoms with Crippen molar-refractivity contribution >= 4 is 56.3 Å². The molecule has 1 aliphatic heterocycles. The van der Waals surface area contributed by atoms with Gasteiger partial charge in [-0.25, -0.2) is 4.90 Å². The lowest BCUT2D eigenvalue weighted by Crippen LogP contribution is -2.32. The molecule has 3 aromatic rings. The molecule has 28 heavy (non-hydrogen) atoms. The average Bonchev–Trinajstić information content (AvgIpc) is 2.93. The Morgan fingerprint density at radius 1 is 0.821 bits per heavy atom. The molecule has 0 aromatic heterocycles. The Bertz CT molecular complexity index is 1100. The minimum Gasteiger partial charge on any atom is -0.350 e. The van der Waals surface area contributed by atoms with Gasteiger partial charge in [0.15, 0.2) is 0 Å². The fraction of sp³-hybridized carbons (Fsp3) is 0. The first-order valence-electron chi connectivity index (χ1n) is 8.51. The van der Waals surface area contributed by atoms with Crippen LogP contribution in [-0.4, -0.2) is 11.8 Å². The summed E-state index contributed by atoms with van der Waals surface area (Å²) in [6.07, 6.45) is 0. The molecule has 2 amide bonds. The first-order valence-corrected chi connectivity index (χ1v) is 9.68. The standard InChI is InChI=1S/C22H14BrClN2O2/c23-15-5-4-6-17(13-15)25-20-19(14-9-11-16(24)12-10-14)21(27)26(22(20)28)18-7-2-1-3-8-18/h1-13,25H. The summed E-state index contributed by atoms with van der Waals surface area (Å²) in [4.78, 5) is 27.6. The maximum atomic E-state index is 13.2. The predicted molar refractivity (Wildman–Crippen MR) is 115 cm³/mol. The van der Waals surface area contributed by atoms with Gasteiger partial charge in [-0.3, -0.25) is 9.59 Å². The van der Waals surface area contributed by atoms with E-state index in [1.807, 2.05) is 30.3 Å². The van der Waals surface area contributed by atoms with Crippen LogP contribution in [0.1, 0.15) is 5.56 Å². The van der Waals surface area contributed by atoms with Gasteiger partial charge in [0, 0.05) is 15.2 Å². The number of carbonyl (C=O) groups is 2. The van der Waals surface area contributed by atoms with Crippen molar-refractivity contribution in [3.63, 3.8) is 0 Å². The predicted octanol–water partition coefficient (Wildman–Crippen LogP) is 5.50. The molecule has 4 rings (SSSR count). The molecule has 4 nitrogen and oxygen atoms in total. The van der Waals surface area contributed by atoms with Gasteiger partial charge in [0.25, 0.3) is 11.8 Å². The molecule has 0 bridgehead atoms. The van der Waals surface area contributed by atoms with Crippen LogP contribution in [0, 0.1) is 0 Å². The van der Waals surface area contributed by atoms with Crippen LogP contribution < -0.4 is 10.2 Å². The quantitative estimate of drug-likeness (QED) is 0.531. The van der Waals surface area contributed by atoms with Crippen molar-refractivity contribution in [2.75, 3.05) is 10.2 Å². The van der Waals surface area contributed by atoms with E-state index in [-0.39, 0.29) is 11.6 Å². The Kier molecular flexibility index (Phi) is 5.03. The molecular formula is C22H14BrClN2O2. The monoisotopic (exact) mass is 452 g/mol. The highest BCUT2D eigenvalue weighted by molar-refractivity contribution is 9.10. The van der Waals surface area contributed by atoms with Gasteiger partial charge >= 0.3 is 0 Å². The number of nitrogens with zero attached hydrogens (tertiary/aromatic N) is 1. The highest BCUT2D eigenvalue weighted by Crippen LogP contribution is 2.34. The van der Waals surface area contributed by atoms with E-state index in [0.717, 1.165) is 4.47 Å². The fourth-order valence-electron chi connectivity index (χ4n) is 3.05. The highest BCUT2D eigenvalue weighted by Gasteiger charge is 2.40. The van der Waals surface area contributed by atoms with Crippen LogP contribution in [0.2, 0.25) is 5.02 Å². The smallest absolute Gasteiger partial charge is 0.282 e. The maximum Gasteiger partial charge on any atom is 0.282 e. The van der Waals surface area contributed by atoms with Crippen LogP contribution in [0.5, 0.6) is 0 Å². The lowest BCUT2D eigenvalue weighted by molar-refractivity contribution is -0.120. The maximum absolute atomic E-state index is 13.2. The molecule has 0 aliphatic carbocycles. The lowest BCUT2D eigenvalue weighted by atomic mass is 10.0. The summed E-state index contributed by atoms with van der Waals surface area (Å²) in [5.41, 5.74) is 2.39. The third-order valence-electron chi connectivity index (χ3n) is 4.33. The van der Waals surface area contributed by atoms with Crippen molar-refractivity contribution in [3.05, 3.63) is 99.6 Å². The van der Waals surface area contributed by atoms with Crippen molar-refractivity contribution in [1.29, 1.82) is 0 Å². The van der Waals surface area contributed by atoms with E-state index >= 15 is 0 Å². The Hall–Kier alpha value is -2.89. The second-order valence-corrected chi connectivity index (χ2v) is 7.53. The van der Waals surface area contributed by atoms with E-state index in [0.29, 0.717) is 27.5 Å². The number of halogens is 2. The zero-order chi connectivity index (χ0) is 19.7. The summed E-state index contributed by atoms with van der Waals surface area (Å²) in [5.74, 6) is -0.780. The Morgan fingerprint density at radius 3 is 2.21 bits per heavy atom. The van der Waals surface area contributed by atoms with Crippen LogP contribution >= 0.6 is 27.5 Å². The second-order valence-electron chi connectivity index (χ2n) is 6.17. The molecule has 1 heterocycles. The molecule has 3 aromatic carbocycles. The third-order valence-corrected chi connectivity index (χ3v) is 5.07. The highest BCUT2D eigenvalue weighted by atomic mass is 79.9. The molecule has 0 radical (unpaired) electrons. The molecule has 0 atom stereocenters. The fourth-order valence-corrected chi connectivity index (χ4v) is 3.58. The van der Waals surface area contributed by atoms with E-state index in [1.54, 1.807) is 48.5 Å². The van der Waals surface area contributed by atoms with Crippen LogP contribution in [0.4, 0.5) is 11.4 Å². The van der Waals surface area contributed by atoms with Crippen LogP contribution in [0.25, 0.3) is 5.57 Å². The minimum absolute atomic E-state index is 0.231. The van der Waals surface area contributed by atoms with Gasteiger partial charge in [0.2, 0.25) is 0 Å². The molecule has 1 N–H and O–H groups in total. The number of hydrogen-bond donors (Lipinski definition) is 1. The van der Waals surface area contributed by atoms with Gasteiger partial charge in [-0.05, 0) is 48.0 Å². The Morgan fingerprint density at radius 2 is 1.54 bits per heavy atom. The van der Waals surface area contributed by atoms with Crippen molar-refractivity contribution < 1.29 is 9.59 Å². The van der Waals surface area contributed by atoms with Crippen LogP contribution in [0.15, 0.2) is 89.0 Å².